The summed E-state index contributed by atoms with van der Waals surface area (Å²) in [5, 5.41) is 6.51. The number of carbonyl (C=O) groups excluding carboxylic acids is 2. The van der Waals surface area contributed by atoms with Crippen molar-refractivity contribution in [3.63, 3.8) is 0 Å². The Balaban J connectivity index is 2.78. The zero-order valence-electron chi connectivity index (χ0n) is 11.4. The summed E-state index contributed by atoms with van der Waals surface area (Å²) < 4.78 is 6.66. The van der Waals surface area contributed by atoms with Crippen molar-refractivity contribution in [3.8, 4) is 0 Å². The van der Waals surface area contributed by atoms with Crippen molar-refractivity contribution in [2.45, 2.75) is 39.3 Å². The molecule has 0 spiro atoms. The van der Waals surface area contributed by atoms with Crippen LogP contribution in [0.3, 0.4) is 0 Å². The fourth-order valence-electron chi connectivity index (χ4n) is 1.30. The van der Waals surface area contributed by atoms with E-state index in [0.29, 0.717) is 0 Å². The quantitative estimate of drug-likeness (QED) is 0.820. The summed E-state index contributed by atoms with van der Waals surface area (Å²) in [6, 6.07) is 0.988. The molecule has 100 valence electrons. The number of rotatable bonds is 3. The van der Waals surface area contributed by atoms with Gasteiger partial charge in [-0.25, -0.2) is 4.79 Å². The lowest BCUT2D eigenvalue weighted by molar-refractivity contribution is -0.158. The Kier molecular flexibility index (Phi) is 4.11. The summed E-state index contributed by atoms with van der Waals surface area (Å²) in [4.78, 5) is 23.2. The Labute approximate surface area is 106 Å². The molecule has 6 heteroatoms. The topological polar surface area (TPSA) is 73.2 Å². The highest BCUT2D eigenvalue weighted by Gasteiger charge is 2.24. The number of aromatic nitrogens is 2. The van der Waals surface area contributed by atoms with E-state index in [9.17, 15) is 9.59 Å². The number of esters is 1. The molecule has 1 rings (SSSR count). The lowest BCUT2D eigenvalue weighted by Gasteiger charge is -2.22. The Hall–Kier alpha value is -1.85. The first kappa shape index (κ1) is 14.2. The Bertz CT molecular complexity index is 446. The number of amides is 1. The van der Waals surface area contributed by atoms with Crippen LogP contribution < -0.4 is 5.32 Å². The molecule has 1 unspecified atom stereocenters. The monoisotopic (exact) mass is 253 g/mol. The van der Waals surface area contributed by atoms with Gasteiger partial charge in [-0.15, -0.1) is 0 Å². The van der Waals surface area contributed by atoms with Gasteiger partial charge in [0.05, 0.1) is 0 Å². The fourth-order valence-corrected chi connectivity index (χ4v) is 1.30. The molecule has 0 fully saturated rings. The van der Waals surface area contributed by atoms with Crippen molar-refractivity contribution in [1.82, 2.24) is 15.1 Å². The molecule has 0 aromatic carbocycles. The predicted molar refractivity (Wildman–Crippen MR) is 66.2 cm³/mol. The van der Waals surface area contributed by atoms with Gasteiger partial charge in [0.15, 0.2) is 0 Å². The third kappa shape index (κ3) is 3.58. The van der Waals surface area contributed by atoms with Gasteiger partial charge in [-0.2, -0.15) is 5.10 Å². The van der Waals surface area contributed by atoms with Crippen molar-refractivity contribution >= 4 is 11.9 Å². The molecule has 0 saturated carbocycles. The second-order valence-electron chi connectivity index (χ2n) is 4.97. The molecule has 0 saturated heterocycles. The number of hydrogen-bond acceptors (Lipinski definition) is 4. The summed E-state index contributed by atoms with van der Waals surface area (Å²) in [6.07, 6.45) is 1.58. The number of hydrogen-bond donors (Lipinski definition) is 1. The van der Waals surface area contributed by atoms with E-state index in [4.69, 9.17) is 4.74 Å². The largest absolute Gasteiger partial charge is 0.458 e. The van der Waals surface area contributed by atoms with Crippen LogP contribution in [0.15, 0.2) is 12.3 Å². The van der Waals surface area contributed by atoms with Gasteiger partial charge in [-0.3, -0.25) is 9.48 Å². The van der Waals surface area contributed by atoms with Crippen LogP contribution in [0.4, 0.5) is 0 Å². The summed E-state index contributed by atoms with van der Waals surface area (Å²) >= 11 is 0. The van der Waals surface area contributed by atoms with Crippen LogP contribution in [-0.4, -0.2) is 34.3 Å². The number of ether oxygens (including phenoxy) is 1. The first-order valence-electron chi connectivity index (χ1n) is 5.74. The summed E-state index contributed by atoms with van der Waals surface area (Å²) in [7, 11) is 1.53. The molecule has 18 heavy (non-hydrogen) atoms. The van der Waals surface area contributed by atoms with E-state index in [0.717, 1.165) is 0 Å². The summed E-state index contributed by atoms with van der Waals surface area (Å²) in [6.45, 7) is 7.08. The minimum absolute atomic E-state index is 0.271. The Morgan fingerprint density at radius 3 is 2.56 bits per heavy atom. The molecule has 1 heterocycles. The van der Waals surface area contributed by atoms with Crippen LogP contribution in [0.25, 0.3) is 0 Å². The van der Waals surface area contributed by atoms with E-state index in [1.165, 1.54) is 11.7 Å². The maximum absolute atomic E-state index is 11.8. The second kappa shape index (κ2) is 5.20. The van der Waals surface area contributed by atoms with Crippen LogP contribution in [0.2, 0.25) is 0 Å². The average Bonchev–Trinajstić information content (AvgIpc) is 2.73. The van der Waals surface area contributed by atoms with Crippen LogP contribution in [-0.2, 0) is 9.53 Å². The van der Waals surface area contributed by atoms with E-state index >= 15 is 0 Å². The maximum atomic E-state index is 11.8. The van der Waals surface area contributed by atoms with Crippen LogP contribution in [0.5, 0.6) is 0 Å². The second-order valence-corrected chi connectivity index (χ2v) is 4.97. The maximum Gasteiger partial charge on any atom is 0.331 e. The molecule has 0 radical (unpaired) electrons. The lowest BCUT2D eigenvalue weighted by atomic mass is 10.2. The first-order valence-corrected chi connectivity index (χ1v) is 5.74. The third-order valence-electron chi connectivity index (χ3n) is 2.21. The standard InChI is InChI=1S/C12H19N3O3/c1-8(11(17)18-12(2,3)4)15-7-6-9(14-15)10(16)13-5/h6-8H,1-5H3,(H,13,16). The van der Waals surface area contributed by atoms with E-state index in [-0.39, 0.29) is 17.6 Å². The molecule has 0 aliphatic heterocycles. The first-order chi connectivity index (χ1) is 8.24. The molecular formula is C12H19N3O3. The summed E-state index contributed by atoms with van der Waals surface area (Å²) in [5.41, 5.74) is -0.268. The highest BCUT2D eigenvalue weighted by Crippen LogP contribution is 2.14. The summed E-state index contributed by atoms with van der Waals surface area (Å²) in [5.74, 6) is -0.667. The van der Waals surface area contributed by atoms with E-state index in [1.54, 1.807) is 40.0 Å². The Morgan fingerprint density at radius 2 is 2.06 bits per heavy atom. The van der Waals surface area contributed by atoms with Gasteiger partial charge >= 0.3 is 5.97 Å². The smallest absolute Gasteiger partial charge is 0.331 e. The molecular weight excluding hydrogens is 234 g/mol. The lowest BCUT2D eigenvalue weighted by Crippen LogP contribution is -2.29. The molecule has 0 aliphatic rings. The molecule has 0 aliphatic carbocycles. The average molecular weight is 253 g/mol. The van der Waals surface area contributed by atoms with E-state index in [1.807, 2.05) is 0 Å². The van der Waals surface area contributed by atoms with Gasteiger partial charge in [0.25, 0.3) is 5.91 Å². The van der Waals surface area contributed by atoms with Crippen molar-refractivity contribution in [2.75, 3.05) is 7.05 Å². The van der Waals surface area contributed by atoms with Crippen molar-refractivity contribution in [2.24, 2.45) is 0 Å². The molecule has 1 aromatic rings. The van der Waals surface area contributed by atoms with Gasteiger partial charge in [0.1, 0.15) is 17.3 Å². The molecule has 1 aromatic heterocycles. The van der Waals surface area contributed by atoms with Crippen LogP contribution in [0, 0.1) is 0 Å². The van der Waals surface area contributed by atoms with Crippen molar-refractivity contribution in [3.05, 3.63) is 18.0 Å². The van der Waals surface area contributed by atoms with Crippen molar-refractivity contribution in [1.29, 1.82) is 0 Å². The third-order valence-corrected chi connectivity index (χ3v) is 2.21. The van der Waals surface area contributed by atoms with Gasteiger partial charge in [0, 0.05) is 13.2 Å². The SMILES string of the molecule is CNC(=O)c1ccn(C(C)C(=O)OC(C)(C)C)n1. The van der Waals surface area contributed by atoms with Crippen LogP contribution in [0.1, 0.15) is 44.2 Å². The van der Waals surface area contributed by atoms with Gasteiger partial charge in [-0.1, -0.05) is 0 Å². The van der Waals surface area contributed by atoms with Gasteiger partial charge < -0.3 is 10.1 Å². The number of nitrogens with zero attached hydrogens (tertiary/aromatic N) is 2. The predicted octanol–water partition coefficient (Wildman–Crippen LogP) is 1.15. The highest BCUT2D eigenvalue weighted by atomic mass is 16.6. The van der Waals surface area contributed by atoms with E-state index in [2.05, 4.69) is 10.4 Å². The Morgan fingerprint density at radius 1 is 1.44 bits per heavy atom. The molecule has 6 nitrogen and oxygen atoms in total. The molecule has 0 bridgehead atoms. The van der Waals surface area contributed by atoms with Gasteiger partial charge in [0.2, 0.25) is 0 Å². The number of nitrogens with one attached hydrogen (secondary N) is 1. The van der Waals surface area contributed by atoms with Crippen molar-refractivity contribution < 1.29 is 14.3 Å². The minimum Gasteiger partial charge on any atom is -0.458 e. The highest BCUT2D eigenvalue weighted by molar-refractivity contribution is 5.91. The molecule has 1 atom stereocenters. The fraction of sp³-hybridized carbons (Fsp3) is 0.583. The normalized spacial score (nSPS) is 12.9. The van der Waals surface area contributed by atoms with Crippen LogP contribution >= 0.6 is 0 Å². The minimum atomic E-state index is -0.567. The molecule has 1 amide bonds. The van der Waals surface area contributed by atoms with Gasteiger partial charge in [-0.05, 0) is 33.8 Å². The molecule has 1 N–H and O–H groups in total. The zero-order chi connectivity index (χ0) is 13.9. The number of carbonyl (C=O) groups is 2. The van der Waals surface area contributed by atoms with E-state index < -0.39 is 11.6 Å². The zero-order valence-corrected chi connectivity index (χ0v) is 11.4.